The van der Waals surface area contributed by atoms with Gasteiger partial charge in [0.05, 0.1) is 5.69 Å². The molecule has 3 aliphatic rings. The quantitative estimate of drug-likeness (QED) is 0.272. The van der Waals surface area contributed by atoms with Crippen molar-refractivity contribution in [3.8, 4) is 45.4 Å². The highest BCUT2D eigenvalue weighted by atomic mass is 15.0. The van der Waals surface area contributed by atoms with Crippen molar-refractivity contribution in [1.29, 1.82) is 0 Å². The third-order valence-electron chi connectivity index (χ3n) is 7.71. The average Bonchev–Trinajstić information content (AvgIpc) is 2.98. The predicted molar refractivity (Wildman–Crippen MR) is 143 cm³/mol. The van der Waals surface area contributed by atoms with Crippen molar-refractivity contribution in [2.45, 2.75) is 37.5 Å². The summed E-state index contributed by atoms with van der Waals surface area (Å²) in [7, 11) is 0. The molecule has 0 aliphatic heterocycles. The van der Waals surface area contributed by atoms with Crippen LogP contribution in [-0.2, 0) is 0 Å². The van der Waals surface area contributed by atoms with Crippen LogP contribution >= 0.6 is 0 Å². The Morgan fingerprint density at radius 1 is 0.472 bits per heavy atom. The zero-order chi connectivity index (χ0) is 23.9. The van der Waals surface area contributed by atoms with Gasteiger partial charge in [0.25, 0.3) is 0 Å². The lowest BCUT2D eigenvalue weighted by Gasteiger charge is -2.38. The Labute approximate surface area is 211 Å². The molecular formula is C32H26N4. The SMILES string of the molecule is c1ccc(-c2nc(-c3ccccc3)nc(-c3ccc(-c4ccc5c(c4)C4CCC5CC4)nc3)n2)cc1. The van der Waals surface area contributed by atoms with Gasteiger partial charge >= 0.3 is 0 Å². The number of hydrogen-bond donors (Lipinski definition) is 0. The van der Waals surface area contributed by atoms with E-state index in [1.807, 2.05) is 66.9 Å². The van der Waals surface area contributed by atoms with E-state index >= 15 is 0 Å². The highest BCUT2D eigenvalue weighted by Gasteiger charge is 2.32. The van der Waals surface area contributed by atoms with E-state index in [0.29, 0.717) is 17.5 Å². The second-order valence-electron chi connectivity index (χ2n) is 9.86. The summed E-state index contributed by atoms with van der Waals surface area (Å²) in [6, 6.07) is 31.2. The molecule has 0 N–H and O–H groups in total. The molecule has 0 spiro atoms. The molecule has 0 amide bonds. The molecular weight excluding hydrogens is 440 g/mol. The monoisotopic (exact) mass is 466 g/mol. The van der Waals surface area contributed by atoms with Gasteiger partial charge in [-0.15, -0.1) is 0 Å². The molecule has 3 aromatic carbocycles. The minimum atomic E-state index is 0.629. The van der Waals surface area contributed by atoms with Gasteiger partial charge in [0.15, 0.2) is 17.5 Å². The summed E-state index contributed by atoms with van der Waals surface area (Å²) in [6.45, 7) is 0. The zero-order valence-electron chi connectivity index (χ0n) is 20.0. The molecule has 36 heavy (non-hydrogen) atoms. The van der Waals surface area contributed by atoms with Crippen LogP contribution in [0.1, 0.15) is 48.6 Å². The Kier molecular flexibility index (Phi) is 5.16. The van der Waals surface area contributed by atoms with E-state index in [2.05, 4.69) is 30.3 Å². The smallest absolute Gasteiger partial charge is 0.165 e. The third-order valence-corrected chi connectivity index (χ3v) is 7.71. The Morgan fingerprint density at radius 2 is 1.00 bits per heavy atom. The molecule has 4 heteroatoms. The molecule has 0 atom stereocenters. The Hall–Kier alpha value is -4.18. The minimum Gasteiger partial charge on any atom is -0.255 e. The number of fused-ring (bicyclic) bond motifs is 2. The second-order valence-corrected chi connectivity index (χ2v) is 9.86. The number of rotatable bonds is 4. The van der Waals surface area contributed by atoms with Crippen molar-refractivity contribution in [1.82, 2.24) is 19.9 Å². The van der Waals surface area contributed by atoms with Crippen molar-refractivity contribution >= 4 is 0 Å². The Morgan fingerprint density at radius 3 is 1.56 bits per heavy atom. The predicted octanol–water partition coefficient (Wildman–Crippen LogP) is 7.69. The van der Waals surface area contributed by atoms with Gasteiger partial charge in [-0.2, -0.15) is 0 Å². The highest BCUT2D eigenvalue weighted by molar-refractivity contribution is 5.68. The van der Waals surface area contributed by atoms with Gasteiger partial charge in [-0.05, 0) is 66.8 Å². The number of nitrogens with zero attached hydrogens (tertiary/aromatic N) is 4. The molecule has 0 radical (unpaired) electrons. The molecule has 1 fully saturated rings. The summed E-state index contributed by atoms with van der Waals surface area (Å²) < 4.78 is 0. The maximum Gasteiger partial charge on any atom is 0.165 e. The highest BCUT2D eigenvalue weighted by Crippen LogP contribution is 2.50. The molecule has 174 valence electrons. The van der Waals surface area contributed by atoms with Gasteiger partial charge in [0.2, 0.25) is 0 Å². The first-order chi connectivity index (χ1) is 17.8. The first kappa shape index (κ1) is 21.1. The lowest BCUT2D eigenvalue weighted by Crippen LogP contribution is -2.21. The van der Waals surface area contributed by atoms with Crippen LogP contribution in [0.15, 0.2) is 97.2 Å². The Balaban J connectivity index is 1.27. The third kappa shape index (κ3) is 3.79. The minimum absolute atomic E-state index is 0.629. The van der Waals surface area contributed by atoms with Crippen LogP contribution in [0.25, 0.3) is 45.4 Å². The zero-order valence-corrected chi connectivity index (χ0v) is 20.0. The fourth-order valence-corrected chi connectivity index (χ4v) is 5.81. The van der Waals surface area contributed by atoms with Crippen LogP contribution in [0.2, 0.25) is 0 Å². The van der Waals surface area contributed by atoms with E-state index < -0.39 is 0 Å². The number of pyridine rings is 1. The summed E-state index contributed by atoms with van der Waals surface area (Å²) in [5.41, 5.74) is 8.12. The van der Waals surface area contributed by atoms with Gasteiger partial charge in [0.1, 0.15) is 0 Å². The molecule has 8 rings (SSSR count). The van der Waals surface area contributed by atoms with Crippen molar-refractivity contribution in [3.63, 3.8) is 0 Å². The Bertz CT molecular complexity index is 1460. The van der Waals surface area contributed by atoms with Crippen LogP contribution in [0.5, 0.6) is 0 Å². The van der Waals surface area contributed by atoms with Crippen molar-refractivity contribution in [3.05, 3.63) is 108 Å². The van der Waals surface area contributed by atoms with Crippen LogP contribution in [0.3, 0.4) is 0 Å². The van der Waals surface area contributed by atoms with Gasteiger partial charge in [-0.25, -0.2) is 15.0 Å². The van der Waals surface area contributed by atoms with Crippen LogP contribution in [0, 0.1) is 0 Å². The fourth-order valence-electron chi connectivity index (χ4n) is 5.81. The summed E-state index contributed by atoms with van der Waals surface area (Å²) in [5.74, 6) is 3.43. The summed E-state index contributed by atoms with van der Waals surface area (Å²) in [4.78, 5) is 19.3. The molecule has 2 aromatic heterocycles. The first-order valence-electron chi connectivity index (χ1n) is 12.8. The average molecular weight is 467 g/mol. The fraction of sp³-hybridized carbons (Fsp3) is 0.188. The van der Waals surface area contributed by atoms with Gasteiger partial charge in [-0.1, -0.05) is 72.8 Å². The van der Waals surface area contributed by atoms with Crippen molar-refractivity contribution < 1.29 is 0 Å². The molecule has 5 aromatic rings. The molecule has 0 unspecified atom stereocenters. The standard InChI is InChI=1S/C32H26N4/c1-3-7-23(8-4-1)30-34-31(24-9-5-2-6-10-24)36-32(35-30)26-16-18-29(33-20-26)25-15-17-27-21-11-13-22(14-12-21)28(27)19-25/h1-10,15-22H,11-14H2. The van der Waals surface area contributed by atoms with Crippen molar-refractivity contribution in [2.24, 2.45) is 0 Å². The molecule has 2 heterocycles. The van der Waals surface area contributed by atoms with E-state index in [0.717, 1.165) is 34.2 Å². The molecule has 2 bridgehead atoms. The number of aromatic nitrogens is 4. The molecule has 3 aliphatic carbocycles. The van der Waals surface area contributed by atoms with Gasteiger partial charge < -0.3 is 0 Å². The van der Waals surface area contributed by atoms with E-state index in [4.69, 9.17) is 19.9 Å². The maximum atomic E-state index is 4.84. The van der Waals surface area contributed by atoms with Crippen LogP contribution < -0.4 is 0 Å². The number of benzene rings is 3. The van der Waals surface area contributed by atoms with E-state index in [1.165, 1.54) is 31.2 Å². The lowest BCUT2D eigenvalue weighted by molar-refractivity contribution is 0.359. The van der Waals surface area contributed by atoms with Gasteiger partial charge in [-0.3, -0.25) is 4.98 Å². The largest absolute Gasteiger partial charge is 0.255 e. The topological polar surface area (TPSA) is 51.6 Å². The summed E-state index contributed by atoms with van der Waals surface area (Å²) >= 11 is 0. The van der Waals surface area contributed by atoms with E-state index in [-0.39, 0.29) is 0 Å². The molecule has 4 nitrogen and oxygen atoms in total. The first-order valence-corrected chi connectivity index (χ1v) is 12.8. The number of hydrogen-bond acceptors (Lipinski definition) is 4. The lowest BCUT2D eigenvalue weighted by atomic mass is 9.67. The maximum absolute atomic E-state index is 4.84. The molecule has 0 saturated heterocycles. The van der Waals surface area contributed by atoms with Crippen LogP contribution in [0.4, 0.5) is 0 Å². The van der Waals surface area contributed by atoms with E-state index in [1.54, 1.807) is 11.1 Å². The normalized spacial score (nSPS) is 18.1. The van der Waals surface area contributed by atoms with E-state index in [9.17, 15) is 0 Å². The van der Waals surface area contributed by atoms with Crippen molar-refractivity contribution in [2.75, 3.05) is 0 Å². The van der Waals surface area contributed by atoms with Crippen LogP contribution in [-0.4, -0.2) is 19.9 Å². The summed E-state index contributed by atoms with van der Waals surface area (Å²) in [6.07, 6.45) is 7.26. The second kappa shape index (κ2) is 8.80. The van der Waals surface area contributed by atoms with Gasteiger partial charge in [0, 0.05) is 28.5 Å². The summed E-state index contributed by atoms with van der Waals surface area (Å²) in [5, 5.41) is 0. The molecule has 1 saturated carbocycles.